The predicted molar refractivity (Wildman–Crippen MR) is 98.2 cm³/mol. The number of benzene rings is 2. The number of hydrogen-bond acceptors (Lipinski definition) is 6. The van der Waals surface area contributed by atoms with Crippen LogP contribution in [-0.4, -0.2) is 33.1 Å². The molecule has 3 aromatic rings. The molecule has 0 aliphatic rings. The first kappa shape index (κ1) is 17.7. The van der Waals surface area contributed by atoms with Crippen LogP contribution in [0.1, 0.15) is 6.92 Å². The third kappa shape index (κ3) is 3.31. The molecule has 1 heterocycles. The first-order valence-electron chi connectivity index (χ1n) is 8.20. The molecule has 6 heteroatoms. The van der Waals surface area contributed by atoms with Gasteiger partial charge in [0.25, 0.3) is 0 Å². The molecular formula is C20H21NO5. The number of nitrogens with zero attached hydrogens (tertiary/aromatic N) is 1. The molecule has 0 saturated heterocycles. The van der Waals surface area contributed by atoms with Crippen molar-refractivity contribution in [1.29, 1.82) is 0 Å². The molecule has 0 saturated carbocycles. The van der Waals surface area contributed by atoms with Gasteiger partial charge in [0.15, 0.2) is 17.3 Å². The van der Waals surface area contributed by atoms with E-state index in [0.29, 0.717) is 29.6 Å². The first-order valence-corrected chi connectivity index (χ1v) is 8.20. The highest BCUT2D eigenvalue weighted by Crippen LogP contribution is 2.43. The smallest absolute Gasteiger partial charge is 0.178 e. The summed E-state index contributed by atoms with van der Waals surface area (Å²) >= 11 is 0. The van der Waals surface area contributed by atoms with E-state index in [-0.39, 0.29) is 0 Å². The van der Waals surface area contributed by atoms with Crippen molar-refractivity contribution in [1.82, 2.24) is 5.16 Å². The number of ether oxygens (including phenoxy) is 4. The largest absolute Gasteiger partial charge is 0.496 e. The van der Waals surface area contributed by atoms with Gasteiger partial charge in [-0.05, 0) is 30.7 Å². The molecule has 0 aliphatic carbocycles. The zero-order chi connectivity index (χ0) is 18.5. The van der Waals surface area contributed by atoms with Crippen molar-refractivity contribution in [2.75, 3.05) is 27.9 Å². The number of aromatic nitrogens is 1. The van der Waals surface area contributed by atoms with Crippen LogP contribution in [0.5, 0.6) is 23.0 Å². The molecule has 136 valence electrons. The van der Waals surface area contributed by atoms with Gasteiger partial charge in [-0.3, -0.25) is 0 Å². The van der Waals surface area contributed by atoms with Crippen LogP contribution in [0.2, 0.25) is 0 Å². The summed E-state index contributed by atoms with van der Waals surface area (Å²) in [6.45, 7) is 2.58. The Labute approximate surface area is 152 Å². The maximum atomic E-state index is 5.54. The molecule has 0 unspecified atom stereocenters. The topological polar surface area (TPSA) is 63.0 Å². The van der Waals surface area contributed by atoms with Crippen molar-refractivity contribution in [3.8, 4) is 45.4 Å². The fraction of sp³-hybridized carbons (Fsp3) is 0.250. The highest BCUT2D eigenvalue weighted by atomic mass is 16.5. The van der Waals surface area contributed by atoms with Crippen LogP contribution in [0.4, 0.5) is 0 Å². The molecule has 0 bridgehead atoms. The summed E-state index contributed by atoms with van der Waals surface area (Å²) < 4.78 is 27.3. The maximum absolute atomic E-state index is 5.54. The minimum Gasteiger partial charge on any atom is -0.496 e. The van der Waals surface area contributed by atoms with Gasteiger partial charge in [-0.25, -0.2) is 0 Å². The van der Waals surface area contributed by atoms with Gasteiger partial charge in [-0.1, -0.05) is 17.3 Å². The van der Waals surface area contributed by atoms with E-state index in [2.05, 4.69) is 5.16 Å². The molecule has 0 aliphatic heterocycles. The van der Waals surface area contributed by atoms with Gasteiger partial charge in [0.05, 0.1) is 39.7 Å². The molecule has 0 fully saturated rings. The van der Waals surface area contributed by atoms with Gasteiger partial charge in [0.1, 0.15) is 11.5 Å². The third-order valence-electron chi connectivity index (χ3n) is 4.00. The van der Waals surface area contributed by atoms with Gasteiger partial charge in [0.2, 0.25) is 0 Å². The van der Waals surface area contributed by atoms with Gasteiger partial charge in [-0.15, -0.1) is 0 Å². The van der Waals surface area contributed by atoms with Gasteiger partial charge >= 0.3 is 0 Å². The molecule has 0 spiro atoms. The molecule has 0 amide bonds. The highest BCUT2D eigenvalue weighted by molar-refractivity contribution is 5.83. The summed E-state index contributed by atoms with van der Waals surface area (Å²) in [5.74, 6) is 3.17. The summed E-state index contributed by atoms with van der Waals surface area (Å²) in [6, 6.07) is 11.3. The lowest BCUT2D eigenvalue weighted by atomic mass is 10.0. The minimum absolute atomic E-state index is 0.579. The Bertz CT molecular complexity index is 870. The summed E-state index contributed by atoms with van der Waals surface area (Å²) in [7, 11) is 4.76. The monoisotopic (exact) mass is 355 g/mol. The average molecular weight is 355 g/mol. The molecule has 0 N–H and O–H groups in total. The fourth-order valence-corrected chi connectivity index (χ4v) is 2.74. The van der Waals surface area contributed by atoms with E-state index in [1.54, 1.807) is 33.6 Å². The van der Waals surface area contributed by atoms with Gasteiger partial charge in [0, 0.05) is 11.6 Å². The Kier molecular flexibility index (Phi) is 5.31. The number of methoxy groups -OCH3 is 3. The van der Waals surface area contributed by atoms with E-state index in [9.17, 15) is 0 Å². The Morgan fingerprint density at radius 3 is 2.12 bits per heavy atom. The van der Waals surface area contributed by atoms with E-state index in [1.807, 2.05) is 37.3 Å². The SMILES string of the molecule is CCOc1ccc(-c2cnoc2-c2cc(OC)c(OC)cc2OC)cc1. The molecule has 2 aromatic carbocycles. The lowest BCUT2D eigenvalue weighted by Crippen LogP contribution is -1.95. The van der Waals surface area contributed by atoms with Crippen molar-refractivity contribution in [3.05, 3.63) is 42.6 Å². The van der Waals surface area contributed by atoms with Crippen LogP contribution in [-0.2, 0) is 0 Å². The molecule has 0 atom stereocenters. The van der Waals surface area contributed by atoms with Crippen LogP contribution in [0.3, 0.4) is 0 Å². The van der Waals surface area contributed by atoms with E-state index in [0.717, 1.165) is 22.4 Å². The van der Waals surface area contributed by atoms with Crippen LogP contribution in [0.15, 0.2) is 47.1 Å². The fourth-order valence-electron chi connectivity index (χ4n) is 2.74. The van der Waals surface area contributed by atoms with Crippen LogP contribution in [0.25, 0.3) is 22.5 Å². The molecule has 3 rings (SSSR count). The third-order valence-corrected chi connectivity index (χ3v) is 4.00. The Morgan fingerprint density at radius 2 is 1.50 bits per heavy atom. The van der Waals surface area contributed by atoms with Crippen molar-refractivity contribution in [2.45, 2.75) is 6.92 Å². The van der Waals surface area contributed by atoms with Crippen molar-refractivity contribution >= 4 is 0 Å². The van der Waals surface area contributed by atoms with Crippen LogP contribution in [0, 0.1) is 0 Å². The summed E-state index contributed by atoms with van der Waals surface area (Å²) in [6.07, 6.45) is 1.68. The Hall–Kier alpha value is -3.15. The van der Waals surface area contributed by atoms with E-state index < -0.39 is 0 Å². The highest BCUT2D eigenvalue weighted by Gasteiger charge is 2.20. The molecular weight excluding hydrogens is 334 g/mol. The minimum atomic E-state index is 0.579. The van der Waals surface area contributed by atoms with E-state index in [4.69, 9.17) is 23.5 Å². The number of hydrogen-bond donors (Lipinski definition) is 0. The number of rotatable bonds is 7. The van der Waals surface area contributed by atoms with Crippen LogP contribution >= 0.6 is 0 Å². The van der Waals surface area contributed by atoms with Gasteiger partial charge < -0.3 is 23.5 Å². The Balaban J connectivity index is 2.08. The van der Waals surface area contributed by atoms with Crippen molar-refractivity contribution in [3.63, 3.8) is 0 Å². The normalized spacial score (nSPS) is 10.5. The standard InChI is InChI=1S/C20H21NO5/c1-5-25-14-8-6-13(7-9-14)16-12-21-26-20(16)15-10-18(23-3)19(24-4)11-17(15)22-2/h6-12H,5H2,1-4H3. The second-order valence-electron chi connectivity index (χ2n) is 5.43. The van der Waals surface area contributed by atoms with Crippen molar-refractivity contribution < 1.29 is 23.5 Å². The second-order valence-corrected chi connectivity index (χ2v) is 5.43. The summed E-state index contributed by atoms with van der Waals surface area (Å²) in [4.78, 5) is 0. The summed E-state index contributed by atoms with van der Waals surface area (Å²) in [5, 5.41) is 3.97. The van der Waals surface area contributed by atoms with Crippen molar-refractivity contribution in [2.24, 2.45) is 0 Å². The quantitative estimate of drug-likeness (QED) is 0.625. The predicted octanol–water partition coefficient (Wildman–Crippen LogP) is 4.43. The van der Waals surface area contributed by atoms with Crippen LogP contribution < -0.4 is 18.9 Å². The summed E-state index contributed by atoms with van der Waals surface area (Å²) in [5.41, 5.74) is 2.53. The Morgan fingerprint density at radius 1 is 0.846 bits per heavy atom. The van der Waals surface area contributed by atoms with E-state index >= 15 is 0 Å². The molecule has 1 aromatic heterocycles. The average Bonchev–Trinajstić information content (AvgIpc) is 3.17. The maximum Gasteiger partial charge on any atom is 0.178 e. The lowest BCUT2D eigenvalue weighted by molar-refractivity contribution is 0.340. The molecule has 0 radical (unpaired) electrons. The molecule has 26 heavy (non-hydrogen) atoms. The zero-order valence-electron chi connectivity index (χ0n) is 15.2. The second kappa shape index (κ2) is 7.82. The lowest BCUT2D eigenvalue weighted by Gasteiger charge is -2.13. The first-order chi connectivity index (χ1) is 12.7. The molecule has 6 nitrogen and oxygen atoms in total. The van der Waals surface area contributed by atoms with Gasteiger partial charge in [-0.2, -0.15) is 0 Å². The zero-order valence-corrected chi connectivity index (χ0v) is 15.2. The van der Waals surface area contributed by atoms with E-state index in [1.165, 1.54) is 0 Å².